The number of benzene rings is 1. The Morgan fingerprint density at radius 1 is 1.36 bits per heavy atom. The molecule has 25 heavy (non-hydrogen) atoms. The van der Waals surface area contributed by atoms with Crippen molar-refractivity contribution in [3.05, 3.63) is 23.3 Å². The monoisotopic (exact) mass is 344 g/mol. The number of methoxy groups -OCH3 is 1. The van der Waals surface area contributed by atoms with Crippen molar-refractivity contribution < 1.29 is 9.53 Å². The van der Waals surface area contributed by atoms with E-state index in [1.807, 2.05) is 6.07 Å². The summed E-state index contributed by atoms with van der Waals surface area (Å²) in [6.45, 7) is 6.64. The van der Waals surface area contributed by atoms with Crippen molar-refractivity contribution in [3.63, 3.8) is 0 Å². The first-order valence-corrected chi connectivity index (χ1v) is 8.99. The minimum Gasteiger partial charge on any atom is -0.468 e. The molecule has 1 saturated heterocycles. The number of rotatable bonds is 4. The van der Waals surface area contributed by atoms with Gasteiger partial charge in [-0.25, -0.2) is 9.36 Å². The Labute approximate surface area is 149 Å². The number of nitrogens with two attached hydrogens (primary N) is 1. The maximum Gasteiger partial charge on any atom is 0.327 e. The van der Waals surface area contributed by atoms with Gasteiger partial charge in [0.15, 0.2) is 0 Å². The van der Waals surface area contributed by atoms with Crippen LogP contribution < -0.4 is 10.5 Å². The van der Waals surface area contributed by atoms with Crippen LogP contribution in [-0.2, 0) is 6.42 Å². The fourth-order valence-corrected chi connectivity index (χ4v) is 3.87. The predicted molar refractivity (Wildman–Crippen MR) is 99.3 cm³/mol. The molecule has 0 aliphatic carbocycles. The summed E-state index contributed by atoms with van der Waals surface area (Å²) >= 11 is 0. The molecule has 0 spiro atoms. The summed E-state index contributed by atoms with van der Waals surface area (Å²) in [4.78, 5) is 18.9. The highest BCUT2D eigenvalue weighted by Crippen LogP contribution is 2.36. The van der Waals surface area contributed by atoms with Gasteiger partial charge >= 0.3 is 12.0 Å². The quantitative estimate of drug-likeness (QED) is 0.925. The second-order valence-corrected chi connectivity index (χ2v) is 7.45. The zero-order valence-corrected chi connectivity index (χ0v) is 15.6. The highest BCUT2D eigenvalue weighted by atomic mass is 16.5. The van der Waals surface area contributed by atoms with E-state index >= 15 is 0 Å². The van der Waals surface area contributed by atoms with Crippen molar-refractivity contribution in [2.75, 3.05) is 27.2 Å². The summed E-state index contributed by atoms with van der Waals surface area (Å²) < 4.78 is 6.65. The summed E-state index contributed by atoms with van der Waals surface area (Å²) in [5.41, 5.74) is 9.73. The van der Waals surface area contributed by atoms with Crippen LogP contribution in [0.4, 0.5) is 4.79 Å². The lowest BCUT2D eigenvalue weighted by atomic mass is 9.84. The molecule has 0 saturated carbocycles. The molecule has 3 rings (SSSR count). The summed E-state index contributed by atoms with van der Waals surface area (Å²) in [7, 11) is 3.69. The van der Waals surface area contributed by atoms with Gasteiger partial charge in [-0.15, -0.1) is 0 Å². The molecule has 1 amide bonds. The average Bonchev–Trinajstić information content (AvgIpc) is 2.95. The minimum atomic E-state index is -0.568. The van der Waals surface area contributed by atoms with Crippen LogP contribution in [0.1, 0.15) is 43.7 Å². The van der Waals surface area contributed by atoms with Gasteiger partial charge in [0.05, 0.1) is 18.1 Å². The Hall–Kier alpha value is -2.08. The van der Waals surface area contributed by atoms with Gasteiger partial charge in [0.25, 0.3) is 0 Å². The molecule has 6 heteroatoms. The summed E-state index contributed by atoms with van der Waals surface area (Å²) in [5.74, 6) is 1.04. The second-order valence-electron chi connectivity index (χ2n) is 7.45. The van der Waals surface area contributed by atoms with E-state index in [4.69, 9.17) is 10.5 Å². The van der Waals surface area contributed by atoms with Crippen molar-refractivity contribution in [1.82, 2.24) is 14.5 Å². The van der Waals surface area contributed by atoms with E-state index < -0.39 is 6.03 Å². The molecule has 0 unspecified atom stereocenters. The fraction of sp³-hybridized carbons (Fsp3) is 0.579. The molecular formula is C19H28N4O2. The fourth-order valence-electron chi connectivity index (χ4n) is 3.87. The summed E-state index contributed by atoms with van der Waals surface area (Å²) in [6.07, 6.45) is 3.24. The molecule has 1 fully saturated rings. The number of aromatic nitrogens is 2. The van der Waals surface area contributed by atoms with Gasteiger partial charge in [0.2, 0.25) is 0 Å². The molecule has 0 atom stereocenters. The van der Waals surface area contributed by atoms with Gasteiger partial charge in [-0.3, -0.25) is 0 Å². The zero-order chi connectivity index (χ0) is 18.1. The van der Waals surface area contributed by atoms with Gasteiger partial charge in [-0.05, 0) is 68.4 Å². The van der Waals surface area contributed by atoms with Gasteiger partial charge in [0.1, 0.15) is 0 Å². The molecule has 2 aromatic rings. The third kappa shape index (κ3) is 3.35. The topological polar surface area (TPSA) is 73.4 Å². The Kier molecular flexibility index (Phi) is 4.99. The van der Waals surface area contributed by atoms with Crippen molar-refractivity contribution in [3.8, 4) is 6.01 Å². The van der Waals surface area contributed by atoms with Crippen LogP contribution in [0.15, 0.2) is 12.1 Å². The van der Waals surface area contributed by atoms with E-state index in [0.29, 0.717) is 11.8 Å². The van der Waals surface area contributed by atoms with Crippen LogP contribution in [0.3, 0.4) is 0 Å². The highest BCUT2D eigenvalue weighted by Gasteiger charge is 2.25. The van der Waals surface area contributed by atoms with Gasteiger partial charge in [-0.2, -0.15) is 4.98 Å². The van der Waals surface area contributed by atoms with Crippen LogP contribution >= 0.6 is 0 Å². The number of hydrogen-bond donors (Lipinski definition) is 1. The molecule has 2 N–H and O–H groups in total. The molecule has 136 valence electrons. The molecule has 1 aliphatic rings. The summed E-state index contributed by atoms with van der Waals surface area (Å²) in [5, 5.41) is 0. The SMILES string of the molecule is COc1nc2c(CC(C)C)c(C3CCN(C)CC3)ccc2n1C(N)=O. The largest absolute Gasteiger partial charge is 0.468 e. The van der Waals surface area contributed by atoms with Crippen LogP contribution in [0.5, 0.6) is 6.01 Å². The lowest BCUT2D eigenvalue weighted by Gasteiger charge is -2.30. The number of nitrogens with zero attached hydrogens (tertiary/aromatic N) is 3. The van der Waals surface area contributed by atoms with Crippen LogP contribution in [0, 0.1) is 5.92 Å². The van der Waals surface area contributed by atoms with Crippen LogP contribution in [-0.4, -0.2) is 47.7 Å². The minimum absolute atomic E-state index is 0.257. The Bertz CT molecular complexity index is 773. The number of carbonyl (C=O) groups is 1. The molecule has 6 nitrogen and oxygen atoms in total. The van der Waals surface area contributed by atoms with Crippen molar-refractivity contribution in [2.24, 2.45) is 11.7 Å². The van der Waals surface area contributed by atoms with E-state index in [2.05, 4.69) is 36.8 Å². The molecule has 0 radical (unpaired) electrons. The number of imidazole rings is 1. The lowest BCUT2D eigenvalue weighted by molar-refractivity contribution is 0.247. The number of hydrogen-bond acceptors (Lipinski definition) is 4. The van der Waals surface area contributed by atoms with E-state index in [1.54, 1.807) is 0 Å². The summed E-state index contributed by atoms with van der Waals surface area (Å²) in [6, 6.07) is 3.82. The smallest absolute Gasteiger partial charge is 0.327 e. The van der Waals surface area contributed by atoms with Crippen LogP contribution in [0.2, 0.25) is 0 Å². The second kappa shape index (κ2) is 7.04. The Morgan fingerprint density at radius 2 is 2.04 bits per heavy atom. The first-order chi connectivity index (χ1) is 11.9. The van der Waals surface area contributed by atoms with Gasteiger partial charge in [-0.1, -0.05) is 19.9 Å². The predicted octanol–water partition coefficient (Wildman–Crippen LogP) is 2.98. The number of amides is 1. The van der Waals surface area contributed by atoms with Crippen LogP contribution in [0.25, 0.3) is 11.0 Å². The number of primary amides is 1. The van der Waals surface area contributed by atoms with E-state index in [-0.39, 0.29) is 6.01 Å². The van der Waals surface area contributed by atoms with Crippen molar-refractivity contribution in [2.45, 2.75) is 39.0 Å². The third-order valence-corrected chi connectivity index (χ3v) is 5.11. The maximum absolute atomic E-state index is 11.9. The normalized spacial score (nSPS) is 16.7. The van der Waals surface area contributed by atoms with E-state index in [1.165, 1.54) is 22.8 Å². The molecule has 0 bridgehead atoms. The third-order valence-electron chi connectivity index (χ3n) is 5.11. The first-order valence-electron chi connectivity index (χ1n) is 8.99. The number of ether oxygens (including phenoxy) is 1. The number of carbonyl (C=O) groups excluding carboxylic acids is 1. The van der Waals surface area contributed by atoms with Crippen molar-refractivity contribution in [1.29, 1.82) is 0 Å². The Balaban J connectivity index is 2.16. The standard InChI is InChI=1S/C19H28N4O2/c1-12(2)11-15-14(13-7-9-22(3)10-8-13)5-6-16-17(15)21-19(25-4)23(16)18(20)24/h5-6,12-13H,7-11H2,1-4H3,(H2,20,24). The Morgan fingerprint density at radius 3 is 2.60 bits per heavy atom. The van der Waals surface area contributed by atoms with E-state index in [0.717, 1.165) is 43.4 Å². The highest BCUT2D eigenvalue weighted by molar-refractivity contribution is 5.92. The maximum atomic E-state index is 11.9. The zero-order valence-electron chi connectivity index (χ0n) is 15.6. The number of piperidine rings is 1. The molecule has 1 aromatic heterocycles. The molecular weight excluding hydrogens is 316 g/mol. The van der Waals surface area contributed by atoms with E-state index in [9.17, 15) is 4.79 Å². The number of likely N-dealkylation sites (tertiary alicyclic amines) is 1. The molecule has 1 aromatic carbocycles. The van der Waals surface area contributed by atoms with Gasteiger partial charge in [0, 0.05) is 0 Å². The first kappa shape index (κ1) is 17.7. The van der Waals surface area contributed by atoms with Crippen molar-refractivity contribution >= 4 is 17.1 Å². The average molecular weight is 344 g/mol. The molecule has 1 aliphatic heterocycles. The number of fused-ring (bicyclic) bond motifs is 1. The van der Waals surface area contributed by atoms with Gasteiger partial charge < -0.3 is 15.4 Å². The lowest BCUT2D eigenvalue weighted by Crippen LogP contribution is -2.29. The molecule has 2 heterocycles.